The molecule has 194 valence electrons. The van der Waals surface area contributed by atoms with Crippen molar-refractivity contribution < 1.29 is 59.1 Å². The summed E-state index contributed by atoms with van der Waals surface area (Å²) in [5.41, 5.74) is -1.11. The summed E-state index contributed by atoms with van der Waals surface area (Å²) in [6.45, 7) is -0.740. The highest BCUT2D eigenvalue weighted by molar-refractivity contribution is 5.91. The van der Waals surface area contributed by atoms with Gasteiger partial charge in [-0.1, -0.05) is 0 Å². The fourth-order valence-electron chi connectivity index (χ4n) is 3.88. The van der Waals surface area contributed by atoms with Crippen molar-refractivity contribution in [3.8, 4) is 45.8 Å². The number of rotatable bonds is 6. The van der Waals surface area contributed by atoms with E-state index in [1.54, 1.807) is 0 Å². The Balaban J connectivity index is 1.96. The van der Waals surface area contributed by atoms with E-state index in [2.05, 4.69) is 0 Å². The third-order valence-electron chi connectivity index (χ3n) is 5.78. The largest absolute Gasteiger partial charge is 0.504 e. The Hall–Kier alpha value is -3.75. The number of methoxy groups -OCH3 is 2. The molecule has 13 heteroatoms. The Morgan fingerprint density at radius 1 is 0.917 bits per heavy atom. The monoisotopic (exact) mass is 508 g/mol. The van der Waals surface area contributed by atoms with Crippen LogP contribution in [0.15, 0.2) is 33.5 Å². The lowest BCUT2D eigenvalue weighted by Gasteiger charge is -2.39. The standard InChI is InChI=1S/C23H24O13/c1-32-11-5-8(3-4-9(11)25)20-22(36-23-19(31)18(30)15(27)13(7-24)35-23)17(29)14-12(34-20)6-10(26)21(33-2)16(14)28/h3-6,13,15,18-19,23-28,30-31H,7H2,1-2H3/t13-,15+,18-,19+,23-/m0/s1. The molecule has 3 aromatic rings. The number of aromatic hydroxyl groups is 3. The molecule has 4 rings (SSSR count). The van der Waals surface area contributed by atoms with Gasteiger partial charge in [-0.05, 0) is 18.2 Å². The van der Waals surface area contributed by atoms with Crippen LogP contribution in [0.4, 0.5) is 0 Å². The van der Waals surface area contributed by atoms with Gasteiger partial charge in [0.2, 0.25) is 23.2 Å². The number of phenols is 3. The fraction of sp³-hybridized carbons (Fsp3) is 0.348. The van der Waals surface area contributed by atoms with E-state index in [1.807, 2.05) is 0 Å². The fourth-order valence-corrected chi connectivity index (χ4v) is 3.88. The molecule has 0 saturated carbocycles. The van der Waals surface area contributed by atoms with Crippen LogP contribution < -0.4 is 19.6 Å². The van der Waals surface area contributed by atoms with E-state index >= 15 is 0 Å². The molecule has 7 N–H and O–H groups in total. The summed E-state index contributed by atoms with van der Waals surface area (Å²) in [4.78, 5) is 13.6. The molecule has 13 nitrogen and oxygen atoms in total. The molecule has 2 aromatic carbocycles. The highest BCUT2D eigenvalue weighted by atomic mass is 16.7. The van der Waals surface area contributed by atoms with Gasteiger partial charge in [-0.2, -0.15) is 0 Å². The molecule has 2 heterocycles. The highest BCUT2D eigenvalue weighted by Crippen LogP contribution is 2.44. The number of phenolic OH excluding ortho intramolecular Hbond substituents is 3. The molecule has 1 fully saturated rings. The average molecular weight is 508 g/mol. The average Bonchev–Trinajstić information content (AvgIpc) is 2.85. The summed E-state index contributed by atoms with van der Waals surface area (Å²) >= 11 is 0. The molecule has 0 radical (unpaired) electrons. The van der Waals surface area contributed by atoms with Crippen LogP contribution in [0.5, 0.6) is 34.5 Å². The first-order chi connectivity index (χ1) is 17.1. The van der Waals surface area contributed by atoms with Crippen LogP contribution in [-0.2, 0) is 4.74 Å². The molecule has 0 unspecified atom stereocenters. The van der Waals surface area contributed by atoms with Gasteiger partial charge >= 0.3 is 0 Å². The molecule has 36 heavy (non-hydrogen) atoms. The van der Waals surface area contributed by atoms with E-state index in [9.17, 15) is 40.5 Å². The second-order valence-electron chi connectivity index (χ2n) is 7.94. The van der Waals surface area contributed by atoms with Crippen LogP contribution in [0.25, 0.3) is 22.3 Å². The summed E-state index contributed by atoms with van der Waals surface area (Å²) in [5.74, 6) is -2.80. The number of aliphatic hydroxyl groups excluding tert-OH is 4. The molecule has 1 saturated heterocycles. The Bertz CT molecular complexity index is 1330. The molecule has 1 aliphatic rings. The predicted molar refractivity (Wildman–Crippen MR) is 120 cm³/mol. The number of ether oxygens (including phenoxy) is 4. The van der Waals surface area contributed by atoms with Crippen molar-refractivity contribution in [2.75, 3.05) is 20.8 Å². The molecular weight excluding hydrogens is 484 g/mol. The van der Waals surface area contributed by atoms with Crippen molar-refractivity contribution in [1.82, 2.24) is 0 Å². The SMILES string of the molecule is COc1cc(-c2oc3cc(O)c(OC)c(O)c3c(=O)c2O[C@@H]2O[C@@H](CO)[C@@H](O)[C@H](O)[C@H]2O)ccc1O. The van der Waals surface area contributed by atoms with Crippen molar-refractivity contribution in [2.24, 2.45) is 0 Å². The van der Waals surface area contributed by atoms with Gasteiger partial charge in [-0.25, -0.2) is 0 Å². The summed E-state index contributed by atoms with van der Waals surface area (Å²) < 4.78 is 26.8. The molecule has 1 aliphatic heterocycles. The van der Waals surface area contributed by atoms with E-state index in [0.29, 0.717) is 0 Å². The van der Waals surface area contributed by atoms with Crippen molar-refractivity contribution in [2.45, 2.75) is 30.7 Å². The van der Waals surface area contributed by atoms with Gasteiger partial charge in [0.1, 0.15) is 35.4 Å². The van der Waals surface area contributed by atoms with Crippen LogP contribution in [-0.4, -0.2) is 87.3 Å². The Kier molecular flexibility index (Phi) is 6.84. The van der Waals surface area contributed by atoms with Crippen LogP contribution in [0.2, 0.25) is 0 Å². The molecule has 0 aliphatic carbocycles. The maximum Gasteiger partial charge on any atom is 0.239 e. The van der Waals surface area contributed by atoms with Gasteiger partial charge in [-0.15, -0.1) is 0 Å². The molecule has 0 spiro atoms. The maximum atomic E-state index is 13.6. The van der Waals surface area contributed by atoms with E-state index in [-0.39, 0.29) is 28.4 Å². The quantitative estimate of drug-likeness (QED) is 0.230. The molecule has 1 aromatic heterocycles. The summed E-state index contributed by atoms with van der Waals surface area (Å²) in [6, 6.07) is 4.95. The summed E-state index contributed by atoms with van der Waals surface area (Å²) in [7, 11) is 2.45. The van der Waals surface area contributed by atoms with Gasteiger partial charge < -0.3 is 59.1 Å². The zero-order valence-corrected chi connectivity index (χ0v) is 19.0. The van der Waals surface area contributed by atoms with Crippen molar-refractivity contribution in [3.63, 3.8) is 0 Å². The minimum atomic E-state index is -1.86. The number of fused-ring (bicyclic) bond motifs is 1. The van der Waals surface area contributed by atoms with Crippen molar-refractivity contribution in [3.05, 3.63) is 34.5 Å². The van der Waals surface area contributed by atoms with E-state index in [1.165, 1.54) is 25.3 Å². The van der Waals surface area contributed by atoms with E-state index in [4.69, 9.17) is 23.4 Å². The topological polar surface area (TPSA) is 209 Å². The van der Waals surface area contributed by atoms with Crippen molar-refractivity contribution in [1.29, 1.82) is 0 Å². The zero-order chi connectivity index (χ0) is 26.3. The van der Waals surface area contributed by atoms with Gasteiger partial charge in [0, 0.05) is 11.6 Å². The van der Waals surface area contributed by atoms with Gasteiger partial charge in [-0.3, -0.25) is 4.79 Å². The first-order valence-electron chi connectivity index (χ1n) is 10.6. The molecule has 0 amide bonds. The van der Waals surface area contributed by atoms with Gasteiger partial charge in [0.25, 0.3) is 0 Å². The lowest BCUT2D eigenvalue weighted by atomic mass is 9.99. The molecule has 0 bridgehead atoms. The number of hydrogen-bond donors (Lipinski definition) is 7. The molecular formula is C23H24O13. The number of benzene rings is 2. The van der Waals surface area contributed by atoms with E-state index < -0.39 is 71.1 Å². The van der Waals surface area contributed by atoms with E-state index in [0.717, 1.165) is 13.2 Å². The zero-order valence-electron chi connectivity index (χ0n) is 19.0. The number of aliphatic hydroxyl groups is 4. The lowest BCUT2D eigenvalue weighted by molar-refractivity contribution is -0.277. The summed E-state index contributed by atoms with van der Waals surface area (Å²) in [5, 5.41) is 70.3. The number of hydrogen-bond acceptors (Lipinski definition) is 13. The Morgan fingerprint density at radius 2 is 1.64 bits per heavy atom. The Labute approximate surface area is 202 Å². The van der Waals surface area contributed by atoms with Gasteiger partial charge in [0.05, 0.1) is 20.8 Å². The maximum absolute atomic E-state index is 13.6. The van der Waals surface area contributed by atoms with Crippen LogP contribution >= 0.6 is 0 Å². The van der Waals surface area contributed by atoms with Crippen molar-refractivity contribution >= 4 is 11.0 Å². The van der Waals surface area contributed by atoms with Crippen LogP contribution in [0.1, 0.15) is 0 Å². The first kappa shape index (κ1) is 25.3. The minimum Gasteiger partial charge on any atom is -0.504 e. The minimum absolute atomic E-state index is 0.00876. The second kappa shape index (κ2) is 9.72. The molecule has 5 atom stereocenters. The predicted octanol–water partition coefficient (Wildman–Crippen LogP) is -0.227. The normalized spacial score (nSPS) is 24.0. The third kappa shape index (κ3) is 4.12. The van der Waals surface area contributed by atoms with Crippen LogP contribution in [0, 0.1) is 0 Å². The first-order valence-corrected chi connectivity index (χ1v) is 10.6. The van der Waals surface area contributed by atoms with Crippen LogP contribution in [0.3, 0.4) is 0 Å². The smallest absolute Gasteiger partial charge is 0.239 e. The summed E-state index contributed by atoms with van der Waals surface area (Å²) in [6.07, 6.45) is -8.42. The second-order valence-corrected chi connectivity index (χ2v) is 7.94. The lowest BCUT2D eigenvalue weighted by Crippen LogP contribution is -2.60. The van der Waals surface area contributed by atoms with Gasteiger partial charge in [0.15, 0.2) is 28.8 Å². The highest BCUT2D eigenvalue weighted by Gasteiger charge is 2.45. The Morgan fingerprint density at radius 3 is 2.28 bits per heavy atom. The third-order valence-corrected chi connectivity index (χ3v) is 5.78.